The monoisotopic (exact) mass is 221 g/mol. The Morgan fingerprint density at radius 3 is 2.47 bits per heavy atom. The van der Waals surface area contributed by atoms with E-state index in [-0.39, 0.29) is 0 Å². The van der Waals surface area contributed by atoms with E-state index in [1.54, 1.807) is 0 Å². The molecule has 2 aromatic rings. The van der Waals surface area contributed by atoms with Crippen molar-refractivity contribution in [2.45, 2.75) is 13.8 Å². The SMILES string of the molecule is CC1=NCC(c2cccc3ccccc23)=C1C. The molecule has 0 saturated carbocycles. The minimum absolute atomic E-state index is 0.825. The second-order valence-electron chi connectivity index (χ2n) is 4.53. The quantitative estimate of drug-likeness (QED) is 0.687. The van der Waals surface area contributed by atoms with Crippen molar-refractivity contribution in [3.63, 3.8) is 0 Å². The molecule has 1 aliphatic heterocycles. The fraction of sp³-hybridized carbons (Fsp3) is 0.188. The van der Waals surface area contributed by atoms with Gasteiger partial charge in [0.25, 0.3) is 0 Å². The lowest BCUT2D eigenvalue weighted by molar-refractivity contribution is 1.29. The summed E-state index contributed by atoms with van der Waals surface area (Å²) in [6, 6.07) is 15.0. The van der Waals surface area contributed by atoms with Crippen LogP contribution < -0.4 is 0 Å². The van der Waals surface area contributed by atoms with Gasteiger partial charge in [-0.25, -0.2) is 0 Å². The number of rotatable bonds is 1. The Labute approximate surface area is 102 Å². The van der Waals surface area contributed by atoms with Gasteiger partial charge in [0.1, 0.15) is 0 Å². The minimum Gasteiger partial charge on any atom is -0.285 e. The Hall–Kier alpha value is -1.89. The van der Waals surface area contributed by atoms with Gasteiger partial charge in [-0.2, -0.15) is 0 Å². The van der Waals surface area contributed by atoms with Crippen molar-refractivity contribution < 1.29 is 0 Å². The molecule has 17 heavy (non-hydrogen) atoms. The summed E-state index contributed by atoms with van der Waals surface area (Å²) in [7, 11) is 0. The first-order chi connectivity index (χ1) is 8.27. The third-order valence-corrected chi connectivity index (χ3v) is 3.58. The molecule has 0 amide bonds. The zero-order valence-corrected chi connectivity index (χ0v) is 10.2. The van der Waals surface area contributed by atoms with Crippen LogP contribution in [0.2, 0.25) is 0 Å². The van der Waals surface area contributed by atoms with Crippen LogP contribution in [0.4, 0.5) is 0 Å². The maximum absolute atomic E-state index is 4.52. The Morgan fingerprint density at radius 1 is 0.941 bits per heavy atom. The standard InChI is InChI=1S/C16H15N/c1-11-12(2)17-10-16(11)15-9-5-7-13-6-3-4-8-14(13)15/h3-9H,10H2,1-2H3. The van der Waals surface area contributed by atoms with Gasteiger partial charge < -0.3 is 0 Å². The summed E-state index contributed by atoms with van der Waals surface area (Å²) >= 11 is 0. The average Bonchev–Trinajstić information content (AvgIpc) is 2.69. The highest BCUT2D eigenvalue weighted by Crippen LogP contribution is 2.30. The fourth-order valence-corrected chi connectivity index (χ4v) is 2.43. The number of benzene rings is 2. The van der Waals surface area contributed by atoms with E-state index in [9.17, 15) is 0 Å². The van der Waals surface area contributed by atoms with Gasteiger partial charge >= 0.3 is 0 Å². The number of allylic oxidation sites excluding steroid dienone is 1. The zero-order chi connectivity index (χ0) is 11.8. The Bertz CT molecular complexity index is 642. The average molecular weight is 221 g/mol. The van der Waals surface area contributed by atoms with Crippen molar-refractivity contribution >= 4 is 22.1 Å². The van der Waals surface area contributed by atoms with Crippen LogP contribution in [0.15, 0.2) is 53.0 Å². The highest BCUT2D eigenvalue weighted by atomic mass is 14.8. The van der Waals surface area contributed by atoms with Crippen LogP contribution >= 0.6 is 0 Å². The van der Waals surface area contributed by atoms with Crippen molar-refractivity contribution in [3.8, 4) is 0 Å². The third kappa shape index (κ3) is 1.59. The summed E-state index contributed by atoms with van der Waals surface area (Å²) in [6.45, 7) is 5.09. The molecule has 0 unspecified atom stereocenters. The Kier molecular flexibility index (Phi) is 2.32. The van der Waals surface area contributed by atoms with Gasteiger partial charge in [0.2, 0.25) is 0 Å². The summed E-state index contributed by atoms with van der Waals surface area (Å²) in [5, 5.41) is 2.63. The van der Waals surface area contributed by atoms with Crippen molar-refractivity contribution in [3.05, 3.63) is 53.6 Å². The predicted octanol–water partition coefficient (Wildman–Crippen LogP) is 4.09. The summed E-state index contributed by atoms with van der Waals surface area (Å²) < 4.78 is 0. The van der Waals surface area contributed by atoms with Crippen molar-refractivity contribution in [1.82, 2.24) is 0 Å². The first kappa shape index (κ1) is 10.3. The number of nitrogens with zero attached hydrogens (tertiary/aromatic N) is 1. The summed E-state index contributed by atoms with van der Waals surface area (Å²) in [5.74, 6) is 0. The lowest BCUT2D eigenvalue weighted by Gasteiger charge is -2.08. The molecular formula is C16H15N. The van der Waals surface area contributed by atoms with Crippen LogP contribution in [0.25, 0.3) is 16.3 Å². The second-order valence-corrected chi connectivity index (χ2v) is 4.53. The first-order valence-corrected chi connectivity index (χ1v) is 5.96. The molecule has 1 heteroatoms. The second kappa shape index (κ2) is 3.85. The largest absolute Gasteiger partial charge is 0.285 e. The number of hydrogen-bond acceptors (Lipinski definition) is 1. The molecule has 0 atom stereocenters. The van der Waals surface area contributed by atoms with E-state index in [2.05, 4.69) is 61.3 Å². The topological polar surface area (TPSA) is 12.4 Å². The van der Waals surface area contributed by atoms with E-state index in [1.165, 1.54) is 33.2 Å². The molecule has 2 aromatic carbocycles. The maximum Gasteiger partial charge on any atom is 0.0652 e. The van der Waals surface area contributed by atoms with Gasteiger partial charge in [0, 0.05) is 5.71 Å². The molecule has 0 N–H and O–H groups in total. The molecule has 0 spiro atoms. The molecule has 0 radical (unpaired) electrons. The van der Waals surface area contributed by atoms with Crippen LogP contribution in [0, 0.1) is 0 Å². The van der Waals surface area contributed by atoms with Crippen LogP contribution in [0.1, 0.15) is 19.4 Å². The van der Waals surface area contributed by atoms with Gasteiger partial charge in [-0.15, -0.1) is 0 Å². The van der Waals surface area contributed by atoms with Gasteiger partial charge in [-0.3, -0.25) is 4.99 Å². The summed E-state index contributed by atoms with van der Waals surface area (Å²) in [5.41, 5.74) is 5.22. The summed E-state index contributed by atoms with van der Waals surface area (Å²) in [4.78, 5) is 4.52. The highest BCUT2D eigenvalue weighted by molar-refractivity contribution is 6.10. The van der Waals surface area contributed by atoms with Crippen LogP contribution in [0.3, 0.4) is 0 Å². The number of fused-ring (bicyclic) bond motifs is 1. The van der Waals surface area contributed by atoms with E-state index in [0.717, 1.165) is 6.54 Å². The lowest BCUT2D eigenvalue weighted by atomic mass is 9.95. The molecule has 1 aliphatic rings. The van der Waals surface area contributed by atoms with Crippen LogP contribution in [-0.2, 0) is 0 Å². The van der Waals surface area contributed by atoms with Crippen LogP contribution in [-0.4, -0.2) is 12.3 Å². The molecule has 0 saturated heterocycles. The van der Waals surface area contributed by atoms with Crippen molar-refractivity contribution in [2.75, 3.05) is 6.54 Å². The smallest absolute Gasteiger partial charge is 0.0652 e. The zero-order valence-electron chi connectivity index (χ0n) is 10.2. The van der Waals surface area contributed by atoms with Crippen LogP contribution in [0.5, 0.6) is 0 Å². The molecule has 0 aliphatic carbocycles. The molecule has 1 nitrogen and oxygen atoms in total. The molecule has 3 rings (SSSR count). The molecule has 0 aromatic heterocycles. The molecule has 1 heterocycles. The molecule has 0 fully saturated rings. The van der Waals surface area contributed by atoms with Crippen molar-refractivity contribution in [2.24, 2.45) is 4.99 Å². The summed E-state index contributed by atoms with van der Waals surface area (Å²) in [6.07, 6.45) is 0. The van der Waals surface area contributed by atoms with Gasteiger partial charge in [0.05, 0.1) is 6.54 Å². The van der Waals surface area contributed by atoms with Gasteiger partial charge in [0.15, 0.2) is 0 Å². The number of aliphatic imine (C=N–C) groups is 1. The maximum atomic E-state index is 4.52. The van der Waals surface area contributed by atoms with E-state index >= 15 is 0 Å². The van der Waals surface area contributed by atoms with E-state index in [1.807, 2.05) is 0 Å². The third-order valence-electron chi connectivity index (χ3n) is 3.58. The Balaban J connectivity index is 2.26. The van der Waals surface area contributed by atoms with E-state index < -0.39 is 0 Å². The normalized spacial score (nSPS) is 15.5. The predicted molar refractivity (Wildman–Crippen MR) is 74.5 cm³/mol. The Morgan fingerprint density at radius 2 is 1.71 bits per heavy atom. The first-order valence-electron chi connectivity index (χ1n) is 5.96. The molecule has 0 bridgehead atoms. The number of hydrogen-bond donors (Lipinski definition) is 0. The van der Waals surface area contributed by atoms with E-state index in [0.29, 0.717) is 0 Å². The van der Waals surface area contributed by atoms with Gasteiger partial charge in [-0.1, -0.05) is 42.5 Å². The molecular weight excluding hydrogens is 206 g/mol. The lowest BCUT2D eigenvalue weighted by Crippen LogP contribution is -1.92. The van der Waals surface area contributed by atoms with E-state index in [4.69, 9.17) is 0 Å². The molecule has 84 valence electrons. The van der Waals surface area contributed by atoms with Gasteiger partial charge in [-0.05, 0) is 41.3 Å². The highest BCUT2D eigenvalue weighted by Gasteiger charge is 2.15. The van der Waals surface area contributed by atoms with Crippen molar-refractivity contribution in [1.29, 1.82) is 0 Å². The minimum atomic E-state index is 0.825. The fourth-order valence-electron chi connectivity index (χ4n) is 2.43.